The van der Waals surface area contributed by atoms with E-state index in [1.165, 1.54) is 51.6 Å². The fraction of sp³-hybridized carbons (Fsp3) is 0.941. The van der Waals surface area contributed by atoms with Crippen LogP contribution < -0.4 is 10.6 Å². The van der Waals surface area contributed by atoms with Crippen LogP contribution >= 0.6 is 0 Å². The summed E-state index contributed by atoms with van der Waals surface area (Å²) in [5.41, 5.74) is 0. The van der Waals surface area contributed by atoms with E-state index in [9.17, 15) is 0 Å². The van der Waals surface area contributed by atoms with Gasteiger partial charge in [-0.3, -0.25) is 4.99 Å². The highest BCUT2D eigenvalue weighted by molar-refractivity contribution is 5.79. The fourth-order valence-corrected chi connectivity index (χ4v) is 2.91. The number of piperidine rings is 1. The number of nitrogens with one attached hydrogen (secondary N) is 2. The number of hydrogen-bond donors (Lipinski definition) is 2. The zero-order valence-corrected chi connectivity index (χ0v) is 14.6. The molecule has 1 rings (SSSR count). The molecule has 1 saturated heterocycles. The predicted octanol–water partition coefficient (Wildman–Crippen LogP) is 2.71. The van der Waals surface area contributed by atoms with E-state index in [2.05, 4.69) is 41.4 Å². The lowest BCUT2D eigenvalue weighted by Crippen LogP contribution is -2.43. The van der Waals surface area contributed by atoms with E-state index in [0.29, 0.717) is 0 Å². The van der Waals surface area contributed by atoms with Crippen molar-refractivity contribution in [1.29, 1.82) is 0 Å². The third kappa shape index (κ3) is 7.70. The second-order valence-corrected chi connectivity index (χ2v) is 6.50. The van der Waals surface area contributed by atoms with E-state index >= 15 is 0 Å². The molecule has 1 aliphatic heterocycles. The fourth-order valence-electron chi connectivity index (χ4n) is 2.91. The Morgan fingerprint density at radius 1 is 1.24 bits per heavy atom. The lowest BCUT2D eigenvalue weighted by atomic mass is 9.97. The summed E-state index contributed by atoms with van der Waals surface area (Å²) in [6, 6.07) is 0. The minimum atomic E-state index is 0.770. The number of likely N-dealkylation sites (tertiary alicyclic amines) is 1. The van der Waals surface area contributed by atoms with Crippen LogP contribution in [0.2, 0.25) is 0 Å². The van der Waals surface area contributed by atoms with E-state index in [1.807, 2.05) is 7.05 Å². The van der Waals surface area contributed by atoms with Crippen molar-refractivity contribution in [3.63, 3.8) is 0 Å². The first kappa shape index (κ1) is 18.3. The molecular weight excluding hydrogens is 260 g/mol. The zero-order valence-electron chi connectivity index (χ0n) is 14.6. The van der Waals surface area contributed by atoms with Gasteiger partial charge in [0.25, 0.3) is 0 Å². The number of rotatable bonds is 8. The third-order valence-electron chi connectivity index (χ3n) is 4.72. The van der Waals surface area contributed by atoms with Crippen molar-refractivity contribution >= 4 is 5.96 Å². The molecule has 0 aromatic carbocycles. The average molecular weight is 297 g/mol. The normalized spacial score (nSPS) is 19.5. The second-order valence-electron chi connectivity index (χ2n) is 6.50. The highest BCUT2D eigenvalue weighted by Gasteiger charge is 2.16. The maximum Gasteiger partial charge on any atom is 0.190 e. The number of guanidine groups is 1. The van der Waals surface area contributed by atoms with Gasteiger partial charge in [-0.15, -0.1) is 0 Å². The van der Waals surface area contributed by atoms with Crippen LogP contribution in [-0.4, -0.2) is 51.1 Å². The second kappa shape index (κ2) is 10.9. The average Bonchev–Trinajstić information content (AvgIpc) is 2.52. The third-order valence-corrected chi connectivity index (χ3v) is 4.72. The topological polar surface area (TPSA) is 39.7 Å². The molecule has 0 bridgehead atoms. The van der Waals surface area contributed by atoms with Crippen molar-refractivity contribution in [1.82, 2.24) is 15.5 Å². The Labute approximate surface area is 131 Å². The van der Waals surface area contributed by atoms with Gasteiger partial charge in [-0.05, 0) is 51.2 Å². The summed E-state index contributed by atoms with van der Waals surface area (Å²) in [5, 5.41) is 7.02. The Morgan fingerprint density at radius 3 is 2.52 bits per heavy atom. The standard InChI is InChI=1S/C17H36N4/c1-5-7-8-15(6-2)13-19-17(18-3)20-14-16-9-11-21(4)12-10-16/h15-16H,5-14H2,1-4H3,(H2,18,19,20). The molecule has 1 aliphatic rings. The Bertz CT molecular complexity index is 272. The number of nitrogens with zero attached hydrogens (tertiary/aromatic N) is 2. The van der Waals surface area contributed by atoms with Gasteiger partial charge < -0.3 is 15.5 Å². The molecule has 21 heavy (non-hydrogen) atoms. The largest absolute Gasteiger partial charge is 0.356 e. The van der Waals surface area contributed by atoms with Crippen LogP contribution in [0.5, 0.6) is 0 Å². The van der Waals surface area contributed by atoms with E-state index in [-0.39, 0.29) is 0 Å². The van der Waals surface area contributed by atoms with Crippen molar-refractivity contribution in [2.24, 2.45) is 16.8 Å². The van der Waals surface area contributed by atoms with Crippen LogP contribution in [0, 0.1) is 11.8 Å². The Morgan fingerprint density at radius 2 is 1.95 bits per heavy atom. The van der Waals surface area contributed by atoms with Gasteiger partial charge in [0.1, 0.15) is 0 Å². The summed E-state index contributed by atoms with van der Waals surface area (Å²) in [6.45, 7) is 9.11. The number of aliphatic imine (C=N–C) groups is 1. The van der Waals surface area contributed by atoms with E-state index in [1.54, 1.807) is 0 Å². The van der Waals surface area contributed by atoms with Crippen LogP contribution in [0.25, 0.3) is 0 Å². The molecule has 0 aliphatic carbocycles. The van der Waals surface area contributed by atoms with Gasteiger partial charge in [-0.1, -0.05) is 33.1 Å². The van der Waals surface area contributed by atoms with Crippen LogP contribution in [-0.2, 0) is 0 Å². The Kier molecular flexibility index (Phi) is 9.48. The van der Waals surface area contributed by atoms with Crippen molar-refractivity contribution in [3.05, 3.63) is 0 Å². The molecule has 0 saturated carbocycles. The number of unbranched alkanes of at least 4 members (excludes halogenated alkanes) is 1. The molecule has 2 N–H and O–H groups in total. The van der Waals surface area contributed by atoms with Gasteiger partial charge in [-0.2, -0.15) is 0 Å². The van der Waals surface area contributed by atoms with Crippen molar-refractivity contribution < 1.29 is 0 Å². The lowest BCUT2D eigenvalue weighted by molar-refractivity contribution is 0.220. The van der Waals surface area contributed by atoms with Crippen LogP contribution in [0.1, 0.15) is 52.4 Å². The Hall–Kier alpha value is -0.770. The highest BCUT2D eigenvalue weighted by Crippen LogP contribution is 2.14. The summed E-state index contributed by atoms with van der Waals surface area (Å²) in [4.78, 5) is 6.78. The van der Waals surface area contributed by atoms with Gasteiger partial charge >= 0.3 is 0 Å². The van der Waals surface area contributed by atoms with Crippen molar-refractivity contribution in [2.45, 2.75) is 52.4 Å². The first-order valence-electron chi connectivity index (χ1n) is 8.82. The van der Waals surface area contributed by atoms with Crippen LogP contribution in [0.3, 0.4) is 0 Å². The molecule has 124 valence electrons. The number of hydrogen-bond acceptors (Lipinski definition) is 2. The SMILES string of the molecule is CCCCC(CC)CNC(=NC)NCC1CCN(C)CC1. The first-order valence-corrected chi connectivity index (χ1v) is 8.82. The van der Waals surface area contributed by atoms with Crippen LogP contribution in [0.15, 0.2) is 4.99 Å². The van der Waals surface area contributed by atoms with Gasteiger partial charge in [0.2, 0.25) is 0 Å². The minimum absolute atomic E-state index is 0.770. The quantitative estimate of drug-likeness (QED) is 0.534. The predicted molar refractivity (Wildman–Crippen MR) is 92.9 cm³/mol. The summed E-state index contributed by atoms with van der Waals surface area (Å²) < 4.78 is 0. The van der Waals surface area contributed by atoms with Gasteiger partial charge in [0.15, 0.2) is 5.96 Å². The van der Waals surface area contributed by atoms with Crippen molar-refractivity contribution in [2.75, 3.05) is 40.3 Å². The molecule has 4 heteroatoms. The smallest absolute Gasteiger partial charge is 0.190 e. The van der Waals surface area contributed by atoms with Crippen molar-refractivity contribution in [3.8, 4) is 0 Å². The van der Waals surface area contributed by atoms with Gasteiger partial charge in [-0.25, -0.2) is 0 Å². The summed E-state index contributed by atoms with van der Waals surface area (Å²) in [5.74, 6) is 2.54. The molecule has 1 atom stereocenters. The molecule has 1 heterocycles. The molecule has 1 unspecified atom stereocenters. The summed E-state index contributed by atoms with van der Waals surface area (Å²) in [6.07, 6.45) is 7.80. The Balaban J connectivity index is 2.22. The molecule has 4 nitrogen and oxygen atoms in total. The highest BCUT2D eigenvalue weighted by atomic mass is 15.2. The van der Waals surface area contributed by atoms with E-state index < -0.39 is 0 Å². The summed E-state index contributed by atoms with van der Waals surface area (Å²) in [7, 11) is 4.09. The van der Waals surface area contributed by atoms with Crippen LogP contribution in [0.4, 0.5) is 0 Å². The molecule has 0 radical (unpaired) electrons. The maximum atomic E-state index is 4.36. The van der Waals surface area contributed by atoms with E-state index in [4.69, 9.17) is 0 Å². The molecule has 0 spiro atoms. The van der Waals surface area contributed by atoms with E-state index in [0.717, 1.165) is 30.9 Å². The lowest BCUT2D eigenvalue weighted by Gasteiger charge is -2.29. The van der Waals surface area contributed by atoms with Gasteiger partial charge in [0.05, 0.1) is 0 Å². The maximum absolute atomic E-state index is 4.36. The van der Waals surface area contributed by atoms with Gasteiger partial charge in [0, 0.05) is 20.1 Å². The monoisotopic (exact) mass is 296 g/mol. The molecular formula is C17H36N4. The molecule has 1 fully saturated rings. The zero-order chi connectivity index (χ0) is 15.5. The minimum Gasteiger partial charge on any atom is -0.356 e. The first-order chi connectivity index (χ1) is 10.2. The molecule has 0 aromatic heterocycles. The summed E-state index contributed by atoms with van der Waals surface area (Å²) >= 11 is 0. The molecule has 0 aromatic rings. The molecule has 0 amide bonds.